The van der Waals surface area contributed by atoms with Crippen molar-refractivity contribution >= 4 is 5.69 Å². The Labute approximate surface area is 128 Å². The van der Waals surface area contributed by atoms with Crippen LogP contribution in [0.15, 0.2) is 24.3 Å². The number of benzene rings is 1. The van der Waals surface area contributed by atoms with Gasteiger partial charge in [-0.05, 0) is 26.0 Å². The Hall–Kier alpha value is -1.30. The summed E-state index contributed by atoms with van der Waals surface area (Å²) in [6.07, 6.45) is 0. The zero-order chi connectivity index (χ0) is 15.3. The molecule has 0 unspecified atom stereocenters. The molecule has 0 heterocycles. The molecule has 1 aromatic carbocycles. The molecule has 0 bridgehead atoms. The summed E-state index contributed by atoms with van der Waals surface area (Å²) in [4.78, 5) is 2.29. The van der Waals surface area contributed by atoms with Gasteiger partial charge in [0.25, 0.3) is 0 Å². The highest BCUT2D eigenvalue weighted by Gasteiger charge is 2.05. The molecular formula is C16H28N2O3. The monoisotopic (exact) mass is 296 g/mol. The molecule has 0 aliphatic carbocycles. The van der Waals surface area contributed by atoms with Gasteiger partial charge in [-0.2, -0.15) is 0 Å². The lowest BCUT2D eigenvalue weighted by Gasteiger charge is -2.22. The van der Waals surface area contributed by atoms with Crippen LogP contribution in [0.3, 0.4) is 0 Å². The van der Waals surface area contributed by atoms with E-state index >= 15 is 0 Å². The molecule has 0 saturated heterocycles. The summed E-state index contributed by atoms with van der Waals surface area (Å²) in [5, 5.41) is 0. The lowest BCUT2D eigenvalue weighted by atomic mass is 10.3. The Morgan fingerprint density at radius 2 is 1.57 bits per heavy atom. The van der Waals surface area contributed by atoms with Crippen molar-refractivity contribution in [3.8, 4) is 5.75 Å². The number of anilines is 1. The van der Waals surface area contributed by atoms with Gasteiger partial charge in [-0.15, -0.1) is 0 Å². The van der Waals surface area contributed by atoms with E-state index in [1.807, 2.05) is 38.1 Å². The average molecular weight is 296 g/mol. The van der Waals surface area contributed by atoms with Gasteiger partial charge in [0, 0.05) is 44.6 Å². The summed E-state index contributed by atoms with van der Waals surface area (Å²) < 4.78 is 16.5. The van der Waals surface area contributed by atoms with Crippen molar-refractivity contribution in [2.24, 2.45) is 0 Å². The number of nitrogen functional groups attached to an aromatic ring is 1. The van der Waals surface area contributed by atoms with Gasteiger partial charge in [-0.25, -0.2) is 0 Å². The maximum Gasteiger partial charge on any atom is 0.121 e. The SMILES string of the molecule is CCOCCN(CCOCC)CCOc1cccc(N)c1. The molecule has 0 radical (unpaired) electrons. The third kappa shape index (κ3) is 8.55. The van der Waals surface area contributed by atoms with Gasteiger partial charge in [-0.3, -0.25) is 4.90 Å². The van der Waals surface area contributed by atoms with E-state index in [1.54, 1.807) is 0 Å². The van der Waals surface area contributed by atoms with Crippen molar-refractivity contribution < 1.29 is 14.2 Å². The van der Waals surface area contributed by atoms with E-state index in [2.05, 4.69) is 4.90 Å². The fourth-order valence-electron chi connectivity index (χ4n) is 1.91. The van der Waals surface area contributed by atoms with Crippen molar-refractivity contribution in [2.75, 3.05) is 58.4 Å². The molecule has 1 rings (SSSR count). The van der Waals surface area contributed by atoms with Gasteiger partial charge in [0.05, 0.1) is 13.2 Å². The first-order valence-electron chi connectivity index (χ1n) is 7.62. The topological polar surface area (TPSA) is 57.0 Å². The molecule has 5 heteroatoms. The van der Waals surface area contributed by atoms with E-state index in [0.717, 1.165) is 57.5 Å². The first-order valence-corrected chi connectivity index (χ1v) is 7.62. The third-order valence-electron chi connectivity index (χ3n) is 3.05. The van der Waals surface area contributed by atoms with E-state index in [1.165, 1.54) is 0 Å². The van der Waals surface area contributed by atoms with Gasteiger partial charge in [0.15, 0.2) is 0 Å². The number of hydrogen-bond acceptors (Lipinski definition) is 5. The van der Waals surface area contributed by atoms with Crippen molar-refractivity contribution in [2.45, 2.75) is 13.8 Å². The van der Waals surface area contributed by atoms with E-state index in [9.17, 15) is 0 Å². The smallest absolute Gasteiger partial charge is 0.121 e. The largest absolute Gasteiger partial charge is 0.492 e. The van der Waals surface area contributed by atoms with E-state index in [0.29, 0.717) is 6.61 Å². The van der Waals surface area contributed by atoms with Crippen LogP contribution in [0.2, 0.25) is 0 Å². The maximum absolute atomic E-state index is 5.73. The van der Waals surface area contributed by atoms with Crippen LogP contribution < -0.4 is 10.5 Å². The Balaban J connectivity index is 2.29. The average Bonchev–Trinajstić information content (AvgIpc) is 2.47. The van der Waals surface area contributed by atoms with Crippen LogP contribution in [0.25, 0.3) is 0 Å². The summed E-state index contributed by atoms with van der Waals surface area (Å²) in [7, 11) is 0. The molecule has 1 aromatic rings. The molecule has 0 aliphatic rings. The Bertz CT molecular complexity index is 364. The van der Waals surface area contributed by atoms with E-state index in [-0.39, 0.29) is 0 Å². The number of hydrogen-bond donors (Lipinski definition) is 1. The highest BCUT2D eigenvalue weighted by Crippen LogP contribution is 2.14. The van der Waals surface area contributed by atoms with Crippen LogP contribution in [-0.2, 0) is 9.47 Å². The fraction of sp³-hybridized carbons (Fsp3) is 0.625. The third-order valence-corrected chi connectivity index (χ3v) is 3.05. The molecule has 21 heavy (non-hydrogen) atoms. The van der Waals surface area contributed by atoms with Crippen LogP contribution >= 0.6 is 0 Å². The molecule has 0 aliphatic heterocycles. The van der Waals surface area contributed by atoms with Crippen molar-refractivity contribution in [3.05, 3.63) is 24.3 Å². The second kappa shape index (κ2) is 11.4. The predicted molar refractivity (Wildman–Crippen MR) is 85.8 cm³/mol. The minimum Gasteiger partial charge on any atom is -0.492 e. The van der Waals surface area contributed by atoms with Crippen LogP contribution in [0.1, 0.15) is 13.8 Å². The lowest BCUT2D eigenvalue weighted by Crippen LogP contribution is -2.34. The molecule has 120 valence electrons. The molecule has 0 amide bonds. The Morgan fingerprint density at radius 1 is 0.952 bits per heavy atom. The highest BCUT2D eigenvalue weighted by atomic mass is 16.5. The fourth-order valence-corrected chi connectivity index (χ4v) is 1.91. The van der Waals surface area contributed by atoms with E-state index in [4.69, 9.17) is 19.9 Å². The zero-order valence-electron chi connectivity index (χ0n) is 13.2. The first kappa shape index (κ1) is 17.8. The Kier molecular flexibility index (Phi) is 9.61. The van der Waals surface area contributed by atoms with Crippen LogP contribution in [0, 0.1) is 0 Å². The second-order valence-corrected chi connectivity index (χ2v) is 4.66. The summed E-state index contributed by atoms with van der Waals surface area (Å²) in [6, 6.07) is 7.50. The van der Waals surface area contributed by atoms with Crippen molar-refractivity contribution in [1.29, 1.82) is 0 Å². The molecule has 0 spiro atoms. The zero-order valence-corrected chi connectivity index (χ0v) is 13.2. The minimum absolute atomic E-state index is 0.627. The minimum atomic E-state index is 0.627. The van der Waals surface area contributed by atoms with Gasteiger partial charge < -0.3 is 19.9 Å². The molecule has 2 N–H and O–H groups in total. The molecule has 0 saturated carbocycles. The second-order valence-electron chi connectivity index (χ2n) is 4.66. The van der Waals surface area contributed by atoms with Crippen LogP contribution in [0.5, 0.6) is 5.75 Å². The Morgan fingerprint density at radius 3 is 2.14 bits per heavy atom. The van der Waals surface area contributed by atoms with Crippen molar-refractivity contribution in [1.82, 2.24) is 4.90 Å². The number of nitrogens with two attached hydrogens (primary N) is 1. The van der Waals surface area contributed by atoms with Crippen molar-refractivity contribution in [3.63, 3.8) is 0 Å². The molecule has 0 atom stereocenters. The summed E-state index contributed by atoms with van der Waals surface area (Å²) in [5.41, 5.74) is 6.45. The number of nitrogens with zero attached hydrogens (tertiary/aromatic N) is 1. The standard InChI is InChI=1S/C16H28N2O3/c1-3-19-11-8-18(9-12-20-4-2)10-13-21-16-7-5-6-15(17)14-16/h5-7,14H,3-4,8-13,17H2,1-2H3. The quantitative estimate of drug-likeness (QED) is 0.472. The van der Waals surface area contributed by atoms with Gasteiger partial charge in [-0.1, -0.05) is 6.07 Å². The van der Waals surface area contributed by atoms with Gasteiger partial charge >= 0.3 is 0 Å². The van der Waals surface area contributed by atoms with Crippen LogP contribution in [0.4, 0.5) is 5.69 Å². The summed E-state index contributed by atoms with van der Waals surface area (Å²) >= 11 is 0. The number of ether oxygens (including phenoxy) is 3. The number of rotatable bonds is 12. The first-order chi connectivity index (χ1) is 10.3. The maximum atomic E-state index is 5.73. The molecule has 5 nitrogen and oxygen atoms in total. The van der Waals surface area contributed by atoms with Gasteiger partial charge in [0.2, 0.25) is 0 Å². The molecule has 0 fully saturated rings. The van der Waals surface area contributed by atoms with Crippen LogP contribution in [-0.4, -0.2) is 57.6 Å². The predicted octanol–water partition coefficient (Wildman–Crippen LogP) is 2.02. The normalized spacial score (nSPS) is 11.0. The summed E-state index contributed by atoms with van der Waals surface area (Å²) in [5.74, 6) is 0.810. The lowest BCUT2D eigenvalue weighted by molar-refractivity contribution is 0.0764. The molecular weight excluding hydrogens is 268 g/mol. The van der Waals surface area contributed by atoms with Gasteiger partial charge in [0.1, 0.15) is 12.4 Å². The summed E-state index contributed by atoms with van der Waals surface area (Å²) in [6.45, 7) is 10.2. The van der Waals surface area contributed by atoms with E-state index < -0.39 is 0 Å². The molecule has 0 aromatic heterocycles. The highest BCUT2D eigenvalue weighted by molar-refractivity contribution is 5.43.